The van der Waals surface area contributed by atoms with Crippen molar-refractivity contribution >= 4 is 23.3 Å². The molecule has 1 unspecified atom stereocenters. The number of nitrogens with one attached hydrogen (secondary N) is 1. The highest BCUT2D eigenvalue weighted by Gasteiger charge is 2.31. The lowest BCUT2D eigenvalue weighted by atomic mass is 10.2. The van der Waals surface area contributed by atoms with Crippen LogP contribution in [0.15, 0.2) is 11.4 Å². The molecule has 23 heavy (non-hydrogen) atoms. The minimum absolute atomic E-state index is 0.153. The van der Waals surface area contributed by atoms with Crippen LogP contribution in [-0.4, -0.2) is 41.6 Å². The van der Waals surface area contributed by atoms with Crippen molar-refractivity contribution in [1.82, 2.24) is 10.2 Å². The number of primary amides is 1. The molecule has 6 nitrogen and oxygen atoms in total. The molecule has 1 aliphatic heterocycles. The average Bonchev–Trinajstić information content (AvgIpc) is 3.05. The largest absolute Gasteiger partial charge is 0.444 e. The smallest absolute Gasteiger partial charge is 0.410 e. The van der Waals surface area contributed by atoms with E-state index >= 15 is 0 Å². The Morgan fingerprint density at radius 1 is 1.48 bits per heavy atom. The topological polar surface area (TPSA) is 84.7 Å². The highest BCUT2D eigenvalue weighted by atomic mass is 32.1. The van der Waals surface area contributed by atoms with Crippen molar-refractivity contribution in [3.8, 4) is 0 Å². The van der Waals surface area contributed by atoms with Crippen LogP contribution in [0.4, 0.5) is 4.79 Å². The molecule has 0 radical (unpaired) electrons. The zero-order valence-electron chi connectivity index (χ0n) is 13.9. The number of ether oxygens (including phenoxy) is 1. The van der Waals surface area contributed by atoms with E-state index < -0.39 is 11.5 Å². The molecule has 2 heterocycles. The number of amides is 2. The van der Waals surface area contributed by atoms with Crippen molar-refractivity contribution in [3.63, 3.8) is 0 Å². The molecule has 0 spiro atoms. The Balaban J connectivity index is 1.82. The fraction of sp³-hybridized carbons (Fsp3) is 0.625. The van der Waals surface area contributed by atoms with Crippen LogP contribution in [0.2, 0.25) is 0 Å². The van der Waals surface area contributed by atoms with Gasteiger partial charge in [0.05, 0.1) is 5.56 Å². The number of carbonyl (C=O) groups excluding carboxylic acids is 2. The first-order valence-electron chi connectivity index (χ1n) is 7.84. The molecule has 7 heteroatoms. The van der Waals surface area contributed by atoms with Gasteiger partial charge < -0.3 is 20.7 Å². The second kappa shape index (κ2) is 7.31. The van der Waals surface area contributed by atoms with E-state index in [1.165, 1.54) is 11.3 Å². The quantitative estimate of drug-likeness (QED) is 0.862. The Hall–Kier alpha value is -1.60. The summed E-state index contributed by atoms with van der Waals surface area (Å²) in [7, 11) is 0. The van der Waals surface area contributed by atoms with Crippen molar-refractivity contribution < 1.29 is 14.3 Å². The molecule has 0 aliphatic carbocycles. The molecule has 0 bridgehead atoms. The maximum Gasteiger partial charge on any atom is 0.410 e. The molecular weight excluding hydrogens is 314 g/mol. The van der Waals surface area contributed by atoms with Crippen LogP contribution in [0.5, 0.6) is 0 Å². The highest BCUT2D eigenvalue weighted by molar-refractivity contribution is 7.10. The van der Waals surface area contributed by atoms with Gasteiger partial charge in [0.1, 0.15) is 5.60 Å². The van der Waals surface area contributed by atoms with Gasteiger partial charge in [0, 0.05) is 35.9 Å². The van der Waals surface area contributed by atoms with Crippen LogP contribution in [-0.2, 0) is 11.3 Å². The van der Waals surface area contributed by atoms with Gasteiger partial charge in [-0.25, -0.2) is 4.79 Å². The van der Waals surface area contributed by atoms with Crippen molar-refractivity contribution in [1.29, 1.82) is 0 Å². The van der Waals surface area contributed by atoms with E-state index in [2.05, 4.69) is 5.32 Å². The summed E-state index contributed by atoms with van der Waals surface area (Å²) in [4.78, 5) is 26.2. The molecule has 128 valence electrons. The lowest BCUT2D eigenvalue weighted by molar-refractivity contribution is 0.0226. The maximum absolute atomic E-state index is 12.2. The molecule has 1 atom stereocenters. The summed E-state index contributed by atoms with van der Waals surface area (Å²) in [6.07, 6.45) is 1.73. The molecular formula is C16H25N3O3S. The first kappa shape index (κ1) is 17.7. The maximum atomic E-state index is 12.2. The average molecular weight is 339 g/mol. The minimum Gasteiger partial charge on any atom is -0.444 e. The van der Waals surface area contributed by atoms with E-state index in [1.807, 2.05) is 25.7 Å². The number of likely N-dealkylation sites (tertiary alicyclic amines) is 1. The van der Waals surface area contributed by atoms with E-state index in [0.29, 0.717) is 18.7 Å². The lowest BCUT2D eigenvalue weighted by Gasteiger charge is -2.28. The molecule has 0 aromatic carbocycles. The van der Waals surface area contributed by atoms with Crippen molar-refractivity contribution in [2.45, 2.75) is 51.8 Å². The highest BCUT2D eigenvalue weighted by Crippen LogP contribution is 2.21. The van der Waals surface area contributed by atoms with Gasteiger partial charge >= 0.3 is 6.09 Å². The third-order valence-corrected chi connectivity index (χ3v) is 4.56. The Labute approximate surface area is 141 Å². The summed E-state index contributed by atoms with van der Waals surface area (Å²) in [5.41, 5.74) is 5.32. The van der Waals surface area contributed by atoms with Crippen LogP contribution in [0.25, 0.3) is 0 Å². The summed E-state index contributed by atoms with van der Waals surface area (Å²) in [6, 6.07) is 1.96. The number of hydrogen-bond acceptors (Lipinski definition) is 5. The summed E-state index contributed by atoms with van der Waals surface area (Å²) in [5.74, 6) is -0.403. The molecule has 1 aromatic rings. The van der Waals surface area contributed by atoms with Gasteiger partial charge in [-0.2, -0.15) is 0 Å². The predicted molar refractivity (Wildman–Crippen MR) is 90.5 cm³/mol. The van der Waals surface area contributed by atoms with Crippen LogP contribution in [0.3, 0.4) is 0 Å². The second-order valence-electron chi connectivity index (χ2n) is 6.77. The predicted octanol–water partition coefficient (Wildman–Crippen LogP) is 2.34. The fourth-order valence-corrected chi connectivity index (χ4v) is 3.42. The number of carbonyl (C=O) groups is 2. The van der Waals surface area contributed by atoms with Crippen LogP contribution < -0.4 is 11.1 Å². The second-order valence-corrected chi connectivity index (χ2v) is 7.76. The minimum atomic E-state index is -0.472. The van der Waals surface area contributed by atoms with Crippen molar-refractivity contribution in [2.24, 2.45) is 5.73 Å². The monoisotopic (exact) mass is 339 g/mol. The molecule has 1 fully saturated rings. The zero-order chi connectivity index (χ0) is 17.0. The van der Waals surface area contributed by atoms with Crippen LogP contribution in [0, 0.1) is 0 Å². The zero-order valence-corrected chi connectivity index (χ0v) is 14.7. The molecule has 2 amide bonds. The van der Waals surface area contributed by atoms with E-state index in [0.717, 1.165) is 24.3 Å². The lowest BCUT2D eigenvalue weighted by Crippen LogP contribution is -2.43. The summed E-state index contributed by atoms with van der Waals surface area (Å²) in [5, 5.41) is 5.12. The van der Waals surface area contributed by atoms with Gasteiger partial charge in [0.2, 0.25) is 5.91 Å². The summed E-state index contributed by atoms with van der Waals surface area (Å²) >= 11 is 1.51. The Morgan fingerprint density at radius 2 is 2.22 bits per heavy atom. The van der Waals surface area contributed by atoms with Gasteiger partial charge in [-0.15, -0.1) is 11.3 Å². The molecule has 1 saturated heterocycles. The molecule has 3 N–H and O–H groups in total. The number of nitrogens with zero attached hydrogens (tertiary/aromatic N) is 1. The van der Waals surface area contributed by atoms with E-state index in [4.69, 9.17) is 10.5 Å². The molecule has 1 aliphatic rings. The van der Waals surface area contributed by atoms with Gasteiger partial charge in [-0.05, 0) is 39.7 Å². The standard InChI is InChI=1S/C16H25N3O3S/c1-16(2,3)22-15(21)19-6-4-5-12(19)8-18-9-13-7-11(10-23-13)14(17)20/h7,10,12,18H,4-6,8-9H2,1-3H3,(H2,17,20). The molecule has 1 aromatic heterocycles. The number of rotatable bonds is 5. The van der Waals surface area contributed by atoms with Gasteiger partial charge in [-0.3, -0.25) is 4.79 Å². The number of hydrogen-bond donors (Lipinski definition) is 2. The van der Waals surface area contributed by atoms with Gasteiger partial charge in [-0.1, -0.05) is 0 Å². The molecule has 2 rings (SSSR count). The Bertz CT molecular complexity index is 565. The summed E-state index contributed by atoms with van der Waals surface area (Å²) < 4.78 is 5.46. The first-order chi connectivity index (χ1) is 10.8. The summed E-state index contributed by atoms with van der Waals surface area (Å²) in [6.45, 7) is 7.75. The van der Waals surface area contributed by atoms with Crippen molar-refractivity contribution in [3.05, 3.63) is 21.9 Å². The number of nitrogens with two attached hydrogens (primary N) is 1. The van der Waals surface area contributed by atoms with Crippen molar-refractivity contribution in [2.75, 3.05) is 13.1 Å². The van der Waals surface area contributed by atoms with Crippen LogP contribution in [0.1, 0.15) is 48.8 Å². The Morgan fingerprint density at radius 3 is 2.83 bits per heavy atom. The fourth-order valence-electron chi connectivity index (χ4n) is 2.57. The van der Waals surface area contributed by atoms with Gasteiger partial charge in [0.15, 0.2) is 0 Å². The third-order valence-electron chi connectivity index (χ3n) is 3.62. The normalized spacial score (nSPS) is 18.2. The van der Waals surface area contributed by atoms with E-state index in [1.54, 1.807) is 11.4 Å². The first-order valence-corrected chi connectivity index (χ1v) is 8.72. The third kappa shape index (κ3) is 5.21. The Kier molecular flexibility index (Phi) is 5.64. The van der Waals surface area contributed by atoms with Gasteiger partial charge in [0.25, 0.3) is 0 Å². The SMILES string of the molecule is CC(C)(C)OC(=O)N1CCCC1CNCc1cc(C(N)=O)cs1. The molecule has 0 saturated carbocycles. The van der Waals surface area contributed by atoms with Crippen LogP contribution >= 0.6 is 11.3 Å². The van der Waals surface area contributed by atoms with E-state index in [-0.39, 0.29) is 12.1 Å². The van der Waals surface area contributed by atoms with E-state index in [9.17, 15) is 9.59 Å². The number of thiophene rings is 1.